The second-order valence-electron chi connectivity index (χ2n) is 3.75. The van der Waals surface area contributed by atoms with Crippen LogP contribution in [0.2, 0.25) is 5.02 Å². The van der Waals surface area contributed by atoms with Crippen molar-refractivity contribution in [2.45, 2.75) is 13.3 Å². The van der Waals surface area contributed by atoms with Crippen molar-refractivity contribution in [1.29, 1.82) is 0 Å². The van der Waals surface area contributed by atoms with Gasteiger partial charge in [0.1, 0.15) is 5.78 Å². The highest BCUT2D eigenvalue weighted by Gasteiger charge is 2.12. The summed E-state index contributed by atoms with van der Waals surface area (Å²) in [4.78, 5) is 40.5. The maximum atomic E-state index is 11.4. The summed E-state index contributed by atoms with van der Waals surface area (Å²) in [6.07, 6.45) is -0.228. The Balaban J connectivity index is 2.32. The third-order valence-corrected chi connectivity index (χ3v) is 2.49. The van der Waals surface area contributed by atoms with Crippen molar-refractivity contribution in [3.8, 4) is 0 Å². The molecule has 1 aliphatic heterocycles. The first-order valence-electron chi connectivity index (χ1n) is 5.06. The fourth-order valence-electron chi connectivity index (χ4n) is 1.48. The van der Waals surface area contributed by atoms with Crippen LogP contribution >= 0.6 is 11.6 Å². The number of amides is 3. The van der Waals surface area contributed by atoms with Crippen LogP contribution in [0.3, 0.4) is 0 Å². The second kappa shape index (κ2) is 4.66. The van der Waals surface area contributed by atoms with E-state index in [4.69, 9.17) is 11.6 Å². The number of halogens is 1. The smallest absolute Gasteiger partial charge is 0.324 e. The van der Waals surface area contributed by atoms with Gasteiger partial charge >= 0.3 is 6.03 Å². The van der Waals surface area contributed by atoms with E-state index in [0.717, 1.165) is 0 Å². The lowest BCUT2D eigenvalue weighted by Gasteiger charge is -2.05. The van der Waals surface area contributed by atoms with Crippen molar-refractivity contribution in [2.75, 3.05) is 5.32 Å². The SMILES string of the molecule is CC(=O)CC(=O)Nc1cc2c(cc1Cl)=NC(=O)N=2. The molecule has 0 bridgehead atoms. The number of benzene rings is 1. The van der Waals surface area contributed by atoms with Crippen LogP contribution in [0.25, 0.3) is 0 Å². The molecule has 7 heteroatoms. The van der Waals surface area contributed by atoms with E-state index < -0.39 is 11.9 Å². The third kappa shape index (κ3) is 2.60. The highest BCUT2D eigenvalue weighted by molar-refractivity contribution is 6.33. The number of nitrogens with one attached hydrogen (secondary N) is 1. The van der Waals surface area contributed by atoms with Crippen LogP contribution < -0.4 is 16.0 Å². The van der Waals surface area contributed by atoms with Gasteiger partial charge in [0.2, 0.25) is 5.91 Å². The maximum Gasteiger partial charge on any atom is 0.368 e. The molecule has 3 amide bonds. The van der Waals surface area contributed by atoms with Crippen molar-refractivity contribution in [1.82, 2.24) is 0 Å². The summed E-state index contributed by atoms with van der Waals surface area (Å²) in [5.74, 6) is -0.717. The summed E-state index contributed by atoms with van der Waals surface area (Å²) in [6.45, 7) is 1.32. The minimum atomic E-state index is -0.603. The van der Waals surface area contributed by atoms with Crippen molar-refractivity contribution in [3.63, 3.8) is 0 Å². The lowest BCUT2D eigenvalue weighted by Crippen LogP contribution is -2.24. The molecule has 6 nitrogen and oxygen atoms in total. The molecule has 1 aromatic rings. The molecular formula is C11H8ClN3O3. The van der Waals surface area contributed by atoms with E-state index in [1.165, 1.54) is 19.1 Å². The number of Topliss-reactive ketones (excluding diaryl/α,β-unsaturated/α-hetero) is 1. The monoisotopic (exact) mass is 265 g/mol. The zero-order valence-corrected chi connectivity index (χ0v) is 10.1. The number of rotatable bonds is 3. The van der Waals surface area contributed by atoms with E-state index in [-0.39, 0.29) is 17.2 Å². The molecule has 1 aliphatic rings. The topological polar surface area (TPSA) is 88.0 Å². The third-order valence-electron chi connectivity index (χ3n) is 2.18. The highest BCUT2D eigenvalue weighted by Crippen LogP contribution is 2.17. The molecule has 0 atom stereocenters. The van der Waals surface area contributed by atoms with Crippen LogP contribution in [0.1, 0.15) is 13.3 Å². The van der Waals surface area contributed by atoms with Crippen LogP contribution in [0.15, 0.2) is 22.1 Å². The van der Waals surface area contributed by atoms with Gasteiger partial charge in [0.15, 0.2) is 0 Å². The molecule has 0 unspecified atom stereocenters. The van der Waals surface area contributed by atoms with Crippen LogP contribution in [0.4, 0.5) is 10.5 Å². The lowest BCUT2D eigenvalue weighted by molar-refractivity contribution is -0.124. The molecule has 1 aromatic carbocycles. The Bertz CT molecular complexity index is 682. The zero-order valence-electron chi connectivity index (χ0n) is 9.36. The number of urea groups is 1. The molecule has 0 aromatic heterocycles. The molecule has 0 saturated carbocycles. The molecule has 0 aliphatic carbocycles. The van der Waals surface area contributed by atoms with Crippen molar-refractivity contribution >= 4 is 35.0 Å². The quantitative estimate of drug-likeness (QED) is 0.813. The van der Waals surface area contributed by atoms with Crippen molar-refractivity contribution in [2.24, 2.45) is 9.98 Å². The van der Waals surface area contributed by atoms with Gasteiger partial charge in [-0.3, -0.25) is 9.59 Å². The Hall–Kier alpha value is -2.08. The van der Waals surface area contributed by atoms with Gasteiger partial charge in [0, 0.05) is 0 Å². The average molecular weight is 266 g/mol. The van der Waals surface area contributed by atoms with E-state index in [1.54, 1.807) is 0 Å². The summed E-state index contributed by atoms with van der Waals surface area (Å²) in [6, 6.07) is 2.28. The molecule has 1 heterocycles. The Morgan fingerprint density at radius 1 is 1.28 bits per heavy atom. The summed E-state index contributed by atoms with van der Waals surface area (Å²) < 4.78 is 0. The van der Waals surface area contributed by atoms with Gasteiger partial charge in [0.05, 0.1) is 27.8 Å². The lowest BCUT2D eigenvalue weighted by atomic mass is 10.2. The number of ketones is 1. The summed E-state index contributed by atoms with van der Waals surface area (Å²) in [5, 5.41) is 3.44. The Morgan fingerprint density at radius 3 is 2.50 bits per heavy atom. The number of fused-ring (bicyclic) bond motifs is 1. The van der Waals surface area contributed by atoms with Crippen LogP contribution in [-0.2, 0) is 9.59 Å². The Labute approximate surface area is 106 Å². The number of carbonyl (C=O) groups excluding carboxylic acids is 3. The molecule has 2 rings (SSSR count). The maximum absolute atomic E-state index is 11.4. The van der Waals surface area contributed by atoms with Gasteiger partial charge in [-0.05, 0) is 19.1 Å². The van der Waals surface area contributed by atoms with Gasteiger partial charge < -0.3 is 5.32 Å². The largest absolute Gasteiger partial charge is 0.368 e. The van der Waals surface area contributed by atoms with Crippen molar-refractivity contribution < 1.29 is 14.4 Å². The number of carbonyl (C=O) groups is 3. The fourth-order valence-corrected chi connectivity index (χ4v) is 1.68. The van der Waals surface area contributed by atoms with Gasteiger partial charge in [-0.25, -0.2) is 4.79 Å². The second-order valence-corrected chi connectivity index (χ2v) is 4.16. The number of anilines is 1. The summed E-state index contributed by atoms with van der Waals surface area (Å²) in [5.41, 5.74) is 0.301. The molecule has 0 radical (unpaired) electrons. The van der Waals surface area contributed by atoms with Gasteiger partial charge in [-0.15, -0.1) is 0 Å². The number of hydrogen-bond donors (Lipinski definition) is 1. The van der Waals surface area contributed by atoms with Gasteiger partial charge in [0.25, 0.3) is 0 Å². The number of hydrogen-bond acceptors (Lipinski definition) is 3. The van der Waals surface area contributed by atoms with Crippen molar-refractivity contribution in [3.05, 3.63) is 27.9 Å². The normalized spacial score (nSPS) is 12.4. The molecule has 92 valence electrons. The first kappa shape index (κ1) is 12.4. The summed E-state index contributed by atoms with van der Waals surface area (Å²) in [7, 11) is 0. The number of nitrogens with zero attached hydrogens (tertiary/aromatic N) is 2. The summed E-state index contributed by atoms with van der Waals surface area (Å²) >= 11 is 5.92. The molecule has 0 saturated heterocycles. The Kier molecular flexibility index (Phi) is 3.20. The molecular weight excluding hydrogens is 258 g/mol. The van der Waals surface area contributed by atoms with E-state index in [0.29, 0.717) is 16.4 Å². The van der Waals surface area contributed by atoms with E-state index in [2.05, 4.69) is 15.3 Å². The molecule has 1 N–H and O–H groups in total. The van der Waals surface area contributed by atoms with Gasteiger partial charge in [-0.2, -0.15) is 9.98 Å². The average Bonchev–Trinajstić information content (AvgIpc) is 2.56. The standard InChI is InChI=1S/C11H8ClN3O3/c1-5(16)2-10(17)13-7-4-9-8(3-6(7)12)14-11(18)15-9/h3-4H,2H2,1H3,(H,13,17). The van der Waals surface area contributed by atoms with Gasteiger partial charge in [-0.1, -0.05) is 11.6 Å². The van der Waals surface area contributed by atoms with Crippen LogP contribution in [0, 0.1) is 0 Å². The van der Waals surface area contributed by atoms with E-state index in [9.17, 15) is 14.4 Å². The van der Waals surface area contributed by atoms with Crippen LogP contribution in [0.5, 0.6) is 0 Å². The van der Waals surface area contributed by atoms with E-state index in [1.807, 2.05) is 0 Å². The molecule has 18 heavy (non-hydrogen) atoms. The first-order chi connectivity index (χ1) is 8.45. The van der Waals surface area contributed by atoms with Crippen LogP contribution in [-0.4, -0.2) is 17.7 Å². The minimum Gasteiger partial charge on any atom is -0.324 e. The molecule has 0 spiro atoms. The zero-order chi connectivity index (χ0) is 13.3. The fraction of sp³-hybridized carbons (Fsp3) is 0.182. The Morgan fingerprint density at radius 2 is 1.89 bits per heavy atom. The highest BCUT2D eigenvalue weighted by atomic mass is 35.5. The molecule has 0 fully saturated rings. The predicted octanol–water partition coefficient (Wildman–Crippen LogP) is 0.630. The predicted molar refractivity (Wildman–Crippen MR) is 63.1 cm³/mol. The first-order valence-corrected chi connectivity index (χ1v) is 5.44. The van der Waals surface area contributed by atoms with E-state index >= 15 is 0 Å². The minimum absolute atomic E-state index is 0.228.